The fraction of sp³-hybridized carbons (Fsp3) is 0.200. The summed E-state index contributed by atoms with van der Waals surface area (Å²) < 4.78 is 60.1. The minimum Gasteiger partial charge on any atom is -0.406 e. The Hall–Kier alpha value is -2.55. The van der Waals surface area contributed by atoms with Gasteiger partial charge in [0.2, 0.25) is 0 Å². The Balaban J connectivity index is 2.41. The summed E-state index contributed by atoms with van der Waals surface area (Å²) in [6.07, 6.45) is -3.31. The van der Waals surface area contributed by atoms with E-state index in [2.05, 4.69) is 11.7 Å². The van der Waals surface area contributed by atoms with Crippen molar-refractivity contribution >= 4 is 22.7 Å². The maximum Gasteiger partial charge on any atom is 0.433 e. The lowest BCUT2D eigenvalue weighted by Crippen LogP contribution is -2.13. The molecule has 2 aromatic heterocycles. The molecule has 132 valence electrons. The molecule has 0 saturated heterocycles. The van der Waals surface area contributed by atoms with Gasteiger partial charge in [0.25, 0.3) is 0 Å². The lowest BCUT2D eigenvalue weighted by Gasteiger charge is -2.06. The monoisotopic (exact) mass is 375 g/mol. The molecule has 0 aliphatic carbocycles. The van der Waals surface area contributed by atoms with Crippen LogP contribution in [0, 0.1) is 5.82 Å². The summed E-state index contributed by atoms with van der Waals surface area (Å²) in [6.45, 7) is 3.44. The molecule has 2 heterocycles. The van der Waals surface area contributed by atoms with Crippen molar-refractivity contribution in [2.45, 2.75) is 12.7 Å². The maximum atomic E-state index is 14.5. The molecule has 0 aliphatic heterocycles. The fourth-order valence-electron chi connectivity index (χ4n) is 2.57. The van der Waals surface area contributed by atoms with Crippen molar-refractivity contribution < 1.29 is 22.0 Å². The molecule has 0 N–H and O–H groups in total. The number of oxazole rings is 1. The van der Waals surface area contributed by atoms with Gasteiger partial charge in [-0.25, -0.2) is 9.18 Å². The molecule has 0 amide bonds. The lowest BCUT2D eigenvalue weighted by molar-refractivity contribution is -0.143. The number of halogens is 5. The van der Waals surface area contributed by atoms with Gasteiger partial charge in [-0.3, -0.25) is 9.25 Å². The number of hydrogen-bond donors (Lipinski definition) is 0. The van der Waals surface area contributed by atoms with Gasteiger partial charge in [0.15, 0.2) is 5.58 Å². The summed E-state index contributed by atoms with van der Waals surface area (Å²) in [5.74, 6) is -1.77. The molecule has 0 aliphatic rings. The van der Waals surface area contributed by atoms with E-state index >= 15 is 0 Å². The van der Waals surface area contributed by atoms with E-state index in [1.165, 1.54) is 6.08 Å². The van der Waals surface area contributed by atoms with Gasteiger partial charge in [-0.05, 0) is 12.1 Å². The molecule has 5 nitrogen and oxygen atoms in total. The van der Waals surface area contributed by atoms with Crippen LogP contribution < -0.4 is 5.76 Å². The number of fused-ring (bicyclic) bond motifs is 1. The van der Waals surface area contributed by atoms with Gasteiger partial charge in [-0.15, -0.1) is 6.58 Å². The molecule has 3 rings (SSSR count). The molecule has 0 spiro atoms. The number of aryl methyl sites for hydroxylation is 1. The normalized spacial score (nSPS) is 12.1. The first-order valence-corrected chi connectivity index (χ1v) is 7.26. The Labute approximate surface area is 142 Å². The van der Waals surface area contributed by atoms with Crippen LogP contribution in [-0.2, 0) is 19.8 Å². The molecule has 1 aromatic carbocycles. The average molecular weight is 376 g/mol. The molecule has 10 heteroatoms. The first-order chi connectivity index (χ1) is 11.6. The van der Waals surface area contributed by atoms with Gasteiger partial charge in [0, 0.05) is 13.6 Å². The molecule has 25 heavy (non-hydrogen) atoms. The summed E-state index contributed by atoms with van der Waals surface area (Å²) >= 11 is 5.90. The number of aromatic nitrogens is 3. The molecular weight excluding hydrogens is 366 g/mol. The van der Waals surface area contributed by atoms with Crippen LogP contribution in [0.4, 0.5) is 17.6 Å². The highest BCUT2D eigenvalue weighted by Crippen LogP contribution is 2.37. The second-order valence-corrected chi connectivity index (χ2v) is 5.60. The third-order valence-electron chi connectivity index (χ3n) is 3.58. The summed E-state index contributed by atoms with van der Waals surface area (Å²) in [5, 5.41) is 3.55. The SMILES string of the molecule is C=CCn1c(=O)oc2c(Cl)cc(F)c(-c3cc(C(F)(F)F)n(C)n3)c21. The summed E-state index contributed by atoms with van der Waals surface area (Å²) in [6, 6.07) is 1.56. The second-order valence-electron chi connectivity index (χ2n) is 5.20. The Morgan fingerprint density at radius 2 is 2.08 bits per heavy atom. The molecular formula is C15H10ClF4N3O2. The van der Waals surface area contributed by atoms with Crippen LogP contribution in [0.1, 0.15) is 5.69 Å². The van der Waals surface area contributed by atoms with Crippen molar-refractivity contribution in [3.8, 4) is 11.3 Å². The first-order valence-electron chi connectivity index (χ1n) is 6.89. The van der Waals surface area contributed by atoms with Crippen molar-refractivity contribution in [2.75, 3.05) is 0 Å². The van der Waals surface area contributed by atoms with Gasteiger partial charge < -0.3 is 4.42 Å². The first kappa shape index (κ1) is 17.3. The molecule has 0 saturated carbocycles. The van der Waals surface area contributed by atoms with Crippen LogP contribution in [0.5, 0.6) is 0 Å². The van der Waals surface area contributed by atoms with Crippen molar-refractivity contribution in [2.24, 2.45) is 7.05 Å². The number of hydrogen-bond acceptors (Lipinski definition) is 3. The minimum atomic E-state index is -4.67. The van der Waals surface area contributed by atoms with E-state index in [0.717, 1.165) is 17.7 Å². The van der Waals surface area contributed by atoms with Crippen molar-refractivity contribution in [3.63, 3.8) is 0 Å². The quantitative estimate of drug-likeness (QED) is 0.514. The Morgan fingerprint density at radius 3 is 2.64 bits per heavy atom. The standard InChI is InChI=1S/C15H10ClF4N3O2/c1-3-4-23-12-11(8(17)5-7(16)13(12)25-14(23)24)9-6-10(15(18,19)20)22(2)21-9/h3,5-6H,1,4H2,2H3. The Kier molecular flexibility index (Phi) is 3.98. The van der Waals surface area contributed by atoms with E-state index in [4.69, 9.17) is 16.0 Å². The lowest BCUT2D eigenvalue weighted by atomic mass is 10.1. The highest BCUT2D eigenvalue weighted by Gasteiger charge is 2.36. The highest BCUT2D eigenvalue weighted by atomic mass is 35.5. The van der Waals surface area contributed by atoms with E-state index in [1.807, 2.05) is 0 Å². The topological polar surface area (TPSA) is 53.0 Å². The third kappa shape index (κ3) is 2.74. The number of rotatable bonds is 3. The van der Waals surface area contributed by atoms with Crippen molar-refractivity contribution in [1.29, 1.82) is 0 Å². The Morgan fingerprint density at radius 1 is 1.40 bits per heavy atom. The van der Waals surface area contributed by atoms with Crippen molar-refractivity contribution in [1.82, 2.24) is 14.3 Å². The van der Waals surface area contributed by atoms with E-state index in [1.54, 1.807) is 0 Å². The van der Waals surface area contributed by atoms with E-state index in [0.29, 0.717) is 10.7 Å². The van der Waals surface area contributed by atoms with E-state index < -0.39 is 23.4 Å². The zero-order chi connectivity index (χ0) is 18.5. The Bertz CT molecular complexity index is 1050. The number of allylic oxidation sites excluding steroid dienone is 1. The molecule has 0 unspecified atom stereocenters. The van der Waals surface area contributed by atoms with Crippen LogP contribution in [0.15, 0.2) is 34.0 Å². The molecule has 0 fully saturated rings. The molecule has 0 radical (unpaired) electrons. The minimum absolute atomic E-state index is 0.0441. The number of nitrogens with zero attached hydrogens (tertiary/aromatic N) is 3. The van der Waals surface area contributed by atoms with Crippen molar-refractivity contribution in [3.05, 3.63) is 51.9 Å². The molecule has 0 atom stereocenters. The van der Waals surface area contributed by atoms with Crippen LogP contribution in [0.25, 0.3) is 22.4 Å². The largest absolute Gasteiger partial charge is 0.433 e. The third-order valence-corrected chi connectivity index (χ3v) is 3.86. The molecule has 3 aromatic rings. The van der Waals surface area contributed by atoms with Crippen LogP contribution in [0.3, 0.4) is 0 Å². The summed E-state index contributed by atoms with van der Waals surface area (Å²) in [7, 11) is 1.09. The fourth-order valence-corrected chi connectivity index (χ4v) is 2.79. The number of alkyl halides is 3. The average Bonchev–Trinajstić information content (AvgIpc) is 3.02. The predicted octanol–water partition coefficient (Wildman–Crippen LogP) is 3.99. The highest BCUT2D eigenvalue weighted by molar-refractivity contribution is 6.35. The van der Waals surface area contributed by atoms with Gasteiger partial charge >= 0.3 is 11.9 Å². The van der Waals surface area contributed by atoms with Crippen LogP contribution >= 0.6 is 11.6 Å². The smallest absolute Gasteiger partial charge is 0.406 e. The zero-order valence-corrected chi connectivity index (χ0v) is 13.5. The zero-order valence-electron chi connectivity index (χ0n) is 12.7. The van der Waals surface area contributed by atoms with Gasteiger partial charge in [0.05, 0.1) is 16.3 Å². The van der Waals surface area contributed by atoms with E-state index in [-0.39, 0.29) is 33.9 Å². The molecule has 0 bridgehead atoms. The van der Waals surface area contributed by atoms with Gasteiger partial charge in [-0.1, -0.05) is 17.7 Å². The van der Waals surface area contributed by atoms with E-state index in [9.17, 15) is 22.4 Å². The summed E-state index contributed by atoms with van der Waals surface area (Å²) in [5.41, 5.74) is -1.89. The van der Waals surface area contributed by atoms with Crippen LogP contribution in [-0.4, -0.2) is 14.3 Å². The van der Waals surface area contributed by atoms with Crippen LogP contribution in [0.2, 0.25) is 5.02 Å². The van der Waals surface area contributed by atoms with Gasteiger partial charge in [0.1, 0.15) is 17.0 Å². The number of benzene rings is 1. The predicted molar refractivity (Wildman–Crippen MR) is 82.8 cm³/mol. The summed E-state index contributed by atoms with van der Waals surface area (Å²) in [4.78, 5) is 12.0. The second kappa shape index (κ2) is 5.76. The maximum absolute atomic E-state index is 14.5. The van der Waals surface area contributed by atoms with Gasteiger partial charge in [-0.2, -0.15) is 18.3 Å².